The minimum atomic E-state index is -1.12. The van der Waals surface area contributed by atoms with Crippen molar-refractivity contribution in [3.05, 3.63) is 30.3 Å². The molecule has 2 rings (SSSR count). The third kappa shape index (κ3) is 3.43. The maximum Gasteiger partial charge on any atom is 0.409 e. The Balaban J connectivity index is 2.59. The lowest BCUT2D eigenvalue weighted by Crippen LogP contribution is -2.16. The van der Waals surface area contributed by atoms with E-state index >= 15 is 0 Å². The predicted molar refractivity (Wildman–Crippen MR) is 87.8 cm³/mol. The van der Waals surface area contributed by atoms with Crippen LogP contribution >= 0.6 is 0 Å². The van der Waals surface area contributed by atoms with Crippen molar-refractivity contribution in [3.63, 3.8) is 0 Å². The molecule has 0 aliphatic carbocycles. The van der Waals surface area contributed by atoms with Gasteiger partial charge in [0.15, 0.2) is 5.82 Å². The Morgan fingerprint density at radius 1 is 1.05 bits per heavy atom. The van der Waals surface area contributed by atoms with Crippen LogP contribution in [0.15, 0.2) is 30.3 Å². The van der Waals surface area contributed by atoms with Crippen LogP contribution in [-0.4, -0.2) is 49.4 Å². The molecule has 0 atom stereocenters. The van der Waals surface area contributed by atoms with Crippen LogP contribution in [0.1, 0.15) is 0 Å². The molecule has 0 aliphatic rings. The van der Waals surface area contributed by atoms with Crippen LogP contribution in [0.4, 0.5) is 22.1 Å². The van der Waals surface area contributed by atoms with Crippen LogP contribution in [-0.2, 0) is 0 Å². The van der Waals surface area contributed by atoms with Gasteiger partial charge in [-0.05, 0) is 12.1 Å². The molecule has 1 amide bonds. The molecule has 0 radical (unpaired) electrons. The molecule has 0 saturated carbocycles. The fourth-order valence-corrected chi connectivity index (χ4v) is 1.90. The fraction of sp³-hybridized carbons (Fsp3) is 0.267. The first-order valence-corrected chi connectivity index (χ1v) is 6.71. The summed E-state index contributed by atoms with van der Waals surface area (Å²) in [4.78, 5) is 23.7. The van der Waals surface area contributed by atoms with Gasteiger partial charge in [-0.1, -0.05) is 12.1 Å². The monoisotopic (exact) mass is 301 g/mol. The zero-order valence-corrected chi connectivity index (χ0v) is 13.0. The van der Waals surface area contributed by atoms with Crippen molar-refractivity contribution in [1.29, 1.82) is 0 Å². The molecule has 0 fully saturated rings. The molecule has 1 aromatic carbocycles. The molecule has 0 aliphatic heterocycles. The lowest BCUT2D eigenvalue weighted by molar-refractivity contribution is 0.210. The molecule has 0 unspecified atom stereocenters. The maximum absolute atomic E-state index is 10.9. The molecule has 2 N–H and O–H groups in total. The van der Waals surface area contributed by atoms with Gasteiger partial charge < -0.3 is 14.9 Å². The summed E-state index contributed by atoms with van der Waals surface area (Å²) in [6.45, 7) is 0. The highest BCUT2D eigenvalue weighted by Crippen LogP contribution is 2.28. The van der Waals surface area contributed by atoms with E-state index in [0.29, 0.717) is 17.1 Å². The third-order valence-electron chi connectivity index (χ3n) is 3.03. The van der Waals surface area contributed by atoms with Crippen LogP contribution in [0.5, 0.6) is 0 Å². The Bertz CT molecular complexity index is 659. The van der Waals surface area contributed by atoms with Crippen molar-refractivity contribution in [1.82, 2.24) is 9.97 Å². The number of amides is 1. The van der Waals surface area contributed by atoms with Gasteiger partial charge in [0.1, 0.15) is 11.6 Å². The molecule has 0 bridgehead atoms. The van der Waals surface area contributed by atoms with Crippen molar-refractivity contribution in [2.75, 3.05) is 43.3 Å². The maximum atomic E-state index is 10.9. The Labute approximate surface area is 129 Å². The lowest BCUT2D eigenvalue weighted by atomic mass is 10.1. The van der Waals surface area contributed by atoms with Gasteiger partial charge in [-0.15, -0.1) is 0 Å². The number of nitrogens with zero attached hydrogens (tertiary/aromatic N) is 4. The molecule has 1 heterocycles. The second-order valence-corrected chi connectivity index (χ2v) is 5.17. The Kier molecular flexibility index (Phi) is 4.45. The minimum Gasteiger partial charge on any atom is -0.465 e. The molecule has 7 heteroatoms. The number of carboxylic acid groups (broad SMARTS) is 1. The first-order valence-electron chi connectivity index (χ1n) is 6.71. The Morgan fingerprint density at radius 2 is 1.59 bits per heavy atom. The summed E-state index contributed by atoms with van der Waals surface area (Å²) >= 11 is 0. The van der Waals surface area contributed by atoms with E-state index in [4.69, 9.17) is 5.11 Å². The molecular weight excluding hydrogens is 282 g/mol. The van der Waals surface area contributed by atoms with Gasteiger partial charge in [-0.2, -0.15) is 0 Å². The number of para-hydroxylation sites is 1. The zero-order chi connectivity index (χ0) is 16.3. The highest BCUT2D eigenvalue weighted by atomic mass is 16.4. The van der Waals surface area contributed by atoms with Gasteiger partial charge in [-0.25, -0.2) is 14.8 Å². The van der Waals surface area contributed by atoms with Crippen molar-refractivity contribution < 1.29 is 9.90 Å². The topological polar surface area (TPSA) is 81.6 Å². The Hall–Kier alpha value is -2.83. The zero-order valence-electron chi connectivity index (χ0n) is 13.0. The smallest absolute Gasteiger partial charge is 0.409 e. The van der Waals surface area contributed by atoms with Crippen LogP contribution in [0, 0.1) is 0 Å². The van der Waals surface area contributed by atoms with Gasteiger partial charge in [0, 0.05) is 39.8 Å². The highest BCUT2D eigenvalue weighted by molar-refractivity contribution is 5.89. The molecule has 1 aromatic heterocycles. The molecule has 116 valence electrons. The predicted octanol–water partition coefficient (Wildman–Crippen LogP) is 2.37. The van der Waals surface area contributed by atoms with Gasteiger partial charge >= 0.3 is 6.09 Å². The second-order valence-electron chi connectivity index (χ2n) is 5.17. The number of carbonyl (C=O) groups is 1. The van der Waals surface area contributed by atoms with Crippen molar-refractivity contribution in [3.8, 4) is 11.4 Å². The number of hydrogen-bond acceptors (Lipinski definition) is 5. The highest BCUT2D eigenvalue weighted by Gasteiger charge is 2.13. The van der Waals surface area contributed by atoms with E-state index in [9.17, 15) is 4.79 Å². The number of benzene rings is 1. The standard InChI is InChI=1S/C15H19N5O2/c1-19(2)12-9-13(20(3)4)18-14(17-12)10-7-5-6-8-11(10)16-15(21)22/h5-9,16H,1-4H3,(H,21,22). The average molecular weight is 301 g/mol. The molecule has 2 aromatic rings. The summed E-state index contributed by atoms with van der Waals surface area (Å²) in [6, 6.07) is 8.93. The summed E-state index contributed by atoms with van der Waals surface area (Å²) in [6.07, 6.45) is -1.12. The molecular formula is C15H19N5O2. The van der Waals surface area contributed by atoms with Crippen LogP contribution < -0.4 is 15.1 Å². The average Bonchev–Trinajstić information content (AvgIpc) is 2.46. The van der Waals surface area contributed by atoms with E-state index in [0.717, 1.165) is 11.6 Å². The van der Waals surface area contributed by atoms with Gasteiger partial charge in [0.25, 0.3) is 0 Å². The quantitative estimate of drug-likeness (QED) is 0.902. The van der Waals surface area contributed by atoms with E-state index in [1.807, 2.05) is 50.1 Å². The second kappa shape index (κ2) is 6.30. The van der Waals surface area contributed by atoms with Crippen molar-refractivity contribution in [2.24, 2.45) is 0 Å². The van der Waals surface area contributed by atoms with Gasteiger partial charge in [0.05, 0.1) is 5.69 Å². The van der Waals surface area contributed by atoms with E-state index < -0.39 is 6.09 Å². The third-order valence-corrected chi connectivity index (χ3v) is 3.03. The van der Waals surface area contributed by atoms with Crippen molar-refractivity contribution >= 4 is 23.4 Å². The van der Waals surface area contributed by atoms with Crippen LogP contribution in [0.25, 0.3) is 11.4 Å². The molecule has 7 nitrogen and oxygen atoms in total. The molecule has 0 saturated heterocycles. The molecule has 22 heavy (non-hydrogen) atoms. The van der Waals surface area contributed by atoms with Gasteiger partial charge in [-0.3, -0.25) is 5.32 Å². The van der Waals surface area contributed by atoms with E-state index in [2.05, 4.69) is 15.3 Å². The minimum absolute atomic E-state index is 0.454. The SMILES string of the molecule is CN(C)c1cc(N(C)C)nc(-c2ccccc2NC(=O)O)n1. The number of hydrogen-bond donors (Lipinski definition) is 2. The summed E-state index contributed by atoms with van der Waals surface area (Å²) in [5.74, 6) is 1.97. The summed E-state index contributed by atoms with van der Waals surface area (Å²) in [7, 11) is 7.58. The van der Waals surface area contributed by atoms with Gasteiger partial charge in [0.2, 0.25) is 0 Å². The first-order chi connectivity index (χ1) is 10.4. The normalized spacial score (nSPS) is 10.2. The number of anilines is 3. The van der Waals surface area contributed by atoms with Crippen molar-refractivity contribution in [2.45, 2.75) is 0 Å². The summed E-state index contributed by atoms with van der Waals surface area (Å²) < 4.78 is 0. The largest absolute Gasteiger partial charge is 0.465 e. The fourth-order valence-electron chi connectivity index (χ4n) is 1.90. The molecule has 0 spiro atoms. The van der Waals surface area contributed by atoms with Crippen LogP contribution in [0.2, 0.25) is 0 Å². The van der Waals surface area contributed by atoms with E-state index in [-0.39, 0.29) is 0 Å². The first kappa shape index (κ1) is 15.6. The number of rotatable bonds is 4. The lowest BCUT2D eigenvalue weighted by Gasteiger charge is -2.18. The summed E-state index contributed by atoms with van der Waals surface area (Å²) in [5, 5.41) is 11.3. The Morgan fingerprint density at radius 3 is 2.09 bits per heavy atom. The number of aromatic nitrogens is 2. The van der Waals surface area contributed by atoms with E-state index in [1.165, 1.54) is 0 Å². The van der Waals surface area contributed by atoms with Crippen LogP contribution in [0.3, 0.4) is 0 Å². The summed E-state index contributed by atoms with van der Waals surface area (Å²) in [5.41, 5.74) is 1.09. The van der Waals surface area contributed by atoms with E-state index in [1.54, 1.807) is 18.2 Å². The number of nitrogens with one attached hydrogen (secondary N) is 1.